The van der Waals surface area contributed by atoms with Crippen molar-refractivity contribution in [2.24, 2.45) is 0 Å². The van der Waals surface area contributed by atoms with Crippen LogP contribution in [0.5, 0.6) is 5.75 Å². The van der Waals surface area contributed by atoms with Crippen LogP contribution in [0, 0.1) is 6.92 Å². The third-order valence-corrected chi connectivity index (χ3v) is 4.72. The van der Waals surface area contributed by atoms with Gasteiger partial charge in [-0.3, -0.25) is 4.79 Å². The van der Waals surface area contributed by atoms with E-state index in [4.69, 9.17) is 4.74 Å². The number of aliphatic hydroxyl groups is 1. The van der Waals surface area contributed by atoms with E-state index in [2.05, 4.69) is 20.3 Å². The van der Waals surface area contributed by atoms with Gasteiger partial charge >= 0.3 is 0 Å². The lowest BCUT2D eigenvalue weighted by atomic mass is 10.2. The van der Waals surface area contributed by atoms with Gasteiger partial charge in [-0.25, -0.2) is 15.0 Å². The molecule has 3 aromatic rings. The molecule has 0 radical (unpaired) electrons. The molecule has 0 unspecified atom stereocenters. The summed E-state index contributed by atoms with van der Waals surface area (Å²) >= 11 is 1.42. The van der Waals surface area contributed by atoms with Crippen LogP contribution in [-0.4, -0.2) is 33.0 Å². The van der Waals surface area contributed by atoms with Crippen LogP contribution in [0.2, 0.25) is 0 Å². The van der Waals surface area contributed by atoms with Crippen LogP contribution < -0.4 is 10.1 Å². The lowest BCUT2D eigenvalue weighted by Gasteiger charge is -2.10. The van der Waals surface area contributed by atoms with Crippen LogP contribution >= 0.6 is 11.3 Å². The molecule has 1 aromatic carbocycles. The van der Waals surface area contributed by atoms with Gasteiger partial charge in [-0.15, -0.1) is 0 Å². The second kappa shape index (κ2) is 8.13. The number of thiazole rings is 1. The van der Waals surface area contributed by atoms with E-state index < -0.39 is 0 Å². The zero-order valence-corrected chi connectivity index (χ0v) is 16.1. The minimum Gasteiger partial charge on any atom is -0.505 e. The first-order valence-electron chi connectivity index (χ1n) is 8.46. The third-order valence-electron chi connectivity index (χ3n) is 3.86. The molecule has 0 aliphatic rings. The summed E-state index contributed by atoms with van der Waals surface area (Å²) in [6.45, 7) is 4.08. The molecule has 0 saturated carbocycles. The standard InChI is InChI=1S/C19H20N4O3S/c1-4-13(24)9-15(25)16-17(23-19-18(22-16)21-11(2)27-19)20-10-12-5-7-14(26-3)8-6-12/h5-9,25H,4,10H2,1-3H3,(H,20,23)/b15-9-. The number of ether oxygens (including phenoxy) is 1. The average molecular weight is 384 g/mol. The number of aryl methyl sites for hydroxylation is 1. The lowest BCUT2D eigenvalue weighted by Crippen LogP contribution is -2.07. The highest BCUT2D eigenvalue weighted by Gasteiger charge is 2.16. The Labute approximate surface area is 160 Å². The van der Waals surface area contributed by atoms with E-state index in [9.17, 15) is 9.90 Å². The molecule has 0 fully saturated rings. The smallest absolute Gasteiger partial charge is 0.190 e. The molecular weight excluding hydrogens is 364 g/mol. The summed E-state index contributed by atoms with van der Waals surface area (Å²) in [5.41, 5.74) is 1.67. The summed E-state index contributed by atoms with van der Waals surface area (Å²) in [5, 5.41) is 14.4. The summed E-state index contributed by atoms with van der Waals surface area (Å²) in [6, 6.07) is 7.61. The first-order chi connectivity index (χ1) is 13.0. The maximum absolute atomic E-state index is 11.7. The molecule has 0 saturated heterocycles. The van der Waals surface area contributed by atoms with Crippen molar-refractivity contribution in [3.05, 3.63) is 46.6 Å². The number of hydrogen-bond donors (Lipinski definition) is 2. The first kappa shape index (κ1) is 18.8. The second-order valence-corrected chi connectivity index (χ2v) is 7.02. The SMILES string of the molecule is CCC(=O)/C=C(\O)c1nc2nc(C)sc2nc1NCc1ccc(OC)cc1. The van der Waals surface area contributed by atoms with Crippen molar-refractivity contribution >= 4 is 39.2 Å². The van der Waals surface area contributed by atoms with Gasteiger partial charge in [0.15, 0.2) is 22.1 Å². The number of ketones is 1. The summed E-state index contributed by atoms with van der Waals surface area (Å²) in [7, 11) is 1.62. The number of carbonyl (C=O) groups excluding carboxylic acids is 1. The van der Waals surface area contributed by atoms with E-state index in [1.165, 1.54) is 17.4 Å². The van der Waals surface area contributed by atoms with Gasteiger partial charge in [0.05, 0.1) is 12.1 Å². The van der Waals surface area contributed by atoms with E-state index in [-0.39, 0.29) is 17.2 Å². The monoisotopic (exact) mass is 384 g/mol. The number of allylic oxidation sites excluding steroid dienone is 1. The largest absolute Gasteiger partial charge is 0.505 e. The van der Waals surface area contributed by atoms with Crippen molar-refractivity contribution in [2.75, 3.05) is 12.4 Å². The number of rotatable bonds is 7. The molecule has 2 N–H and O–H groups in total. The Bertz CT molecular complexity index is 996. The Kier molecular flexibility index (Phi) is 5.66. The Morgan fingerprint density at radius 1 is 1.26 bits per heavy atom. The number of nitrogens with one attached hydrogen (secondary N) is 1. The van der Waals surface area contributed by atoms with E-state index in [0.29, 0.717) is 29.3 Å². The van der Waals surface area contributed by atoms with Gasteiger partial charge in [-0.05, 0) is 24.6 Å². The van der Waals surface area contributed by atoms with E-state index in [0.717, 1.165) is 16.3 Å². The van der Waals surface area contributed by atoms with Crippen LogP contribution in [0.3, 0.4) is 0 Å². The topological polar surface area (TPSA) is 97.2 Å². The molecule has 2 heterocycles. The minimum atomic E-state index is -0.223. The van der Waals surface area contributed by atoms with Crippen LogP contribution in [0.25, 0.3) is 16.2 Å². The fourth-order valence-corrected chi connectivity index (χ4v) is 3.15. The molecule has 0 aliphatic carbocycles. The van der Waals surface area contributed by atoms with Crippen LogP contribution in [0.15, 0.2) is 30.3 Å². The van der Waals surface area contributed by atoms with Crippen molar-refractivity contribution in [3.63, 3.8) is 0 Å². The van der Waals surface area contributed by atoms with Crippen LogP contribution in [-0.2, 0) is 11.3 Å². The molecule has 7 nitrogen and oxygen atoms in total. The fourth-order valence-electron chi connectivity index (χ4n) is 2.42. The van der Waals surface area contributed by atoms with Gasteiger partial charge in [-0.2, -0.15) is 0 Å². The number of aromatic nitrogens is 3. The number of carbonyl (C=O) groups is 1. The minimum absolute atomic E-state index is 0.190. The molecule has 3 rings (SSSR count). The van der Waals surface area contributed by atoms with E-state index in [1.807, 2.05) is 31.2 Å². The lowest BCUT2D eigenvalue weighted by molar-refractivity contribution is -0.114. The quantitative estimate of drug-likeness (QED) is 0.471. The van der Waals surface area contributed by atoms with Crippen molar-refractivity contribution < 1.29 is 14.6 Å². The third kappa shape index (κ3) is 4.40. The number of nitrogens with zero attached hydrogens (tertiary/aromatic N) is 3. The molecule has 27 heavy (non-hydrogen) atoms. The number of anilines is 1. The van der Waals surface area contributed by atoms with E-state index >= 15 is 0 Å². The Hall–Kier alpha value is -3.00. The Balaban J connectivity index is 1.94. The van der Waals surface area contributed by atoms with Gasteiger partial charge in [0.1, 0.15) is 17.2 Å². The van der Waals surface area contributed by atoms with Crippen molar-refractivity contribution in [3.8, 4) is 5.75 Å². The van der Waals surface area contributed by atoms with Gasteiger partial charge in [-0.1, -0.05) is 30.4 Å². The van der Waals surface area contributed by atoms with E-state index in [1.54, 1.807) is 14.0 Å². The maximum Gasteiger partial charge on any atom is 0.190 e. The van der Waals surface area contributed by atoms with Gasteiger partial charge in [0.2, 0.25) is 0 Å². The van der Waals surface area contributed by atoms with Crippen molar-refractivity contribution in [2.45, 2.75) is 26.8 Å². The normalized spacial score (nSPS) is 11.6. The van der Waals surface area contributed by atoms with Gasteiger partial charge in [0, 0.05) is 19.0 Å². The van der Waals surface area contributed by atoms with Crippen LogP contribution in [0.1, 0.15) is 29.6 Å². The highest BCUT2D eigenvalue weighted by Crippen LogP contribution is 2.26. The molecular formula is C19H20N4O3S. The fraction of sp³-hybridized carbons (Fsp3) is 0.263. The first-order valence-corrected chi connectivity index (χ1v) is 9.27. The summed E-state index contributed by atoms with van der Waals surface area (Å²) in [6.07, 6.45) is 1.47. The summed E-state index contributed by atoms with van der Waals surface area (Å²) < 4.78 is 5.16. The molecule has 0 spiro atoms. The number of hydrogen-bond acceptors (Lipinski definition) is 8. The maximum atomic E-state index is 11.7. The van der Waals surface area contributed by atoms with Crippen molar-refractivity contribution in [1.29, 1.82) is 0 Å². The predicted molar refractivity (Wildman–Crippen MR) is 106 cm³/mol. The highest BCUT2D eigenvalue weighted by molar-refractivity contribution is 7.18. The summed E-state index contributed by atoms with van der Waals surface area (Å²) in [4.78, 5) is 25.6. The summed E-state index contributed by atoms with van der Waals surface area (Å²) in [5.74, 6) is 0.767. The number of methoxy groups -OCH3 is 1. The molecule has 8 heteroatoms. The highest BCUT2D eigenvalue weighted by atomic mass is 32.1. The molecule has 2 aromatic heterocycles. The number of fused-ring (bicyclic) bond motifs is 1. The number of aliphatic hydroxyl groups excluding tert-OH is 1. The zero-order valence-electron chi connectivity index (χ0n) is 15.3. The van der Waals surface area contributed by atoms with Gasteiger partial charge in [0.25, 0.3) is 0 Å². The Morgan fingerprint density at radius 2 is 2.00 bits per heavy atom. The predicted octanol–water partition coefficient (Wildman–Crippen LogP) is 3.89. The molecule has 140 valence electrons. The molecule has 0 bridgehead atoms. The number of benzene rings is 1. The Morgan fingerprint density at radius 3 is 2.67 bits per heavy atom. The molecule has 0 atom stereocenters. The van der Waals surface area contributed by atoms with Gasteiger partial charge < -0.3 is 15.2 Å². The van der Waals surface area contributed by atoms with Crippen LogP contribution in [0.4, 0.5) is 5.82 Å². The van der Waals surface area contributed by atoms with Crippen molar-refractivity contribution in [1.82, 2.24) is 15.0 Å². The average Bonchev–Trinajstić information content (AvgIpc) is 3.04. The second-order valence-electron chi connectivity index (χ2n) is 5.83. The molecule has 0 aliphatic heterocycles. The zero-order chi connectivity index (χ0) is 19.4. The molecule has 0 amide bonds.